The van der Waals surface area contributed by atoms with Crippen LogP contribution in [-0.2, 0) is 28.5 Å². The van der Waals surface area contributed by atoms with Gasteiger partial charge in [0.2, 0.25) is 0 Å². The Labute approximate surface area is 228 Å². The second-order valence-electron chi connectivity index (χ2n) is 9.87. The Bertz CT molecular complexity index is 634. The fourth-order valence-electron chi connectivity index (χ4n) is 3.84. The third kappa shape index (κ3) is 27.7. The maximum absolute atomic E-state index is 11.7. The highest BCUT2D eigenvalue weighted by atomic mass is 32.2. The zero-order chi connectivity index (χ0) is 27.5. The lowest BCUT2D eigenvalue weighted by Crippen LogP contribution is -2.12. The highest BCUT2D eigenvalue weighted by Gasteiger charge is 2.07. The highest BCUT2D eigenvalue weighted by Crippen LogP contribution is 2.13. The van der Waals surface area contributed by atoms with Gasteiger partial charge < -0.3 is 14.2 Å². The molecule has 0 N–H and O–H groups in total. The van der Waals surface area contributed by atoms with Gasteiger partial charge in [-0.2, -0.15) is 8.42 Å². The predicted octanol–water partition coefficient (Wildman–Crippen LogP) is 8.12. The van der Waals surface area contributed by atoms with Crippen molar-refractivity contribution in [3.8, 4) is 0 Å². The van der Waals surface area contributed by atoms with Crippen molar-refractivity contribution in [3.63, 3.8) is 0 Å². The van der Waals surface area contributed by atoms with E-state index in [1.807, 2.05) is 0 Å². The number of ether oxygens (including phenoxy) is 3. The summed E-state index contributed by atoms with van der Waals surface area (Å²) in [6.07, 6.45) is 20.9. The van der Waals surface area contributed by atoms with Crippen LogP contribution < -0.4 is 0 Å². The maximum atomic E-state index is 11.7. The lowest BCUT2D eigenvalue weighted by atomic mass is 10.0. The molecule has 0 aromatic rings. The molecule has 0 aromatic carbocycles. The van der Waals surface area contributed by atoms with Gasteiger partial charge in [-0.05, 0) is 31.8 Å². The number of carbonyl (C=O) groups excluding carboxylic acids is 1. The molecule has 0 fully saturated rings. The van der Waals surface area contributed by atoms with Gasteiger partial charge in [0.1, 0.15) is 6.61 Å². The van der Waals surface area contributed by atoms with Crippen LogP contribution in [0.2, 0.25) is 0 Å². The van der Waals surface area contributed by atoms with Gasteiger partial charge in [-0.1, -0.05) is 110 Å². The number of carbonyl (C=O) groups is 1. The molecule has 0 saturated carbocycles. The van der Waals surface area contributed by atoms with Crippen LogP contribution in [0, 0.1) is 0 Å². The Morgan fingerprint density at radius 2 is 1.05 bits per heavy atom. The topological polar surface area (TPSA) is 88.1 Å². The summed E-state index contributed by atoms with van der Waals surface area (Å²) < 4.78 is 43.0. The fraction of sp³-hybridized carbons (Fsp3) is 0.897. The van der Waals surface area contributed by atoms with Crippen LogP contribution in [0.25, 0.3) is 0 Å². The van der Waals surface area contributed by atoms with E-state index in [1.165, 1.54) is 77.0 Å². The molecule has 0 heterocycles. The molecule has 0 amide bonds. The van der Waals surface area contributed by atoms with E-state index in [4.69, 9.17) is 18.4 Å². The monoisotopic (exact) mass is 548 g/mol. The van der Waals surface area contributed by atoms with E-state index in [0.29, 0.717) is 31.8 Å². The van der Waals surface area contributed by atoms with Crippen molar-refractivity contribution < 1.29 is 31.6 Å². The van der Waals surface area contributed by atoms with Gasteiger partial charge in [0, 0.05) is 6.61 Å². The van der Waals surface area contributed by atoms with E-state index in [-0.39, 0.29) is 19.0 Å². The molecule has 0 aromatic heterocycles. The van der Waals surface area contributed by atoms with Crippen LogP contribution >= 0.6 is 0 Å². The van der Waals surface area contributed by atoms with Crippen molar-refractivity contribution in [2.75, 3.05) is 38.8 Å². The Hall–Kier alpha value is -1.12. The molecule has 0 saturated heterocycles. The third-order valence-corrected chi connectivity index (χ3v) is 7.45. The van der Waals surface area contributed by atoms with Gasteiger partial charge >= 0.3 is 6.16 Å². The van der Waals surface area contributed by atoms with E-state index in [2.05, 4.69) is 13.5 Å². The predicted molar refractivity (Wildman–Crippen MR) is 151 cm³/mol. The van der Waals surface area contributed by atoms with Crippen LogP contribution in [0.1, 0.15) is 129 Å². The van der Waals surface area contributed by atoms with Crippen LogP contribution in [0.15, 0.2) is 12.2 Å². The SMILES string of the molecule is C=C(COCCCCCCOS(=O)(=O)CC)COC(=O)OCCCCCCCCCCCCCCCC. The largest absolute Gasteiger partial charge is 0.508 e. The first kappa shape index (κ1) is 35.9. The first-order valence-electron chi connectivity index (χ1n) is 14.8. The van der Waals surface area contributed by atoms with Gasteiger partial charge in [-0.3, -0.25) is 4.18 Å². The molecule has 0 aliphatic heterocycles. The van der Waals surface area contributed by atoms with Crippen molar-refractivity contribution in [1.29, 1.82) is 0 Å². The minimum absolute atomic E-state index is 0.00563. The smallest absolute Gasteiger partial charge is 0.434 e. The molecular formula is C29H56O7S. The highest BCUT2D eigenvalue weighted by molar-refractivity contribution is 7.86. The lowest BCUT2D eigenvalue weighted by molar-refractivity contribution is 0.0563. The van der Waals surface area contributed by atoms with Crippen molar-refractivity contribution in [1.82, 2.24) is 0 Å². The van der Waals surface area contributed by atoms with Gasteiger partial charge in [0.15, 0.2) is 0 Å². The summed E-state index contributed by atoms with van der Waals surface area (Å²) in [4.78, 5) is 11.7. The van der Waals surface area contributed by atoms with Gasteiger partial charge in [0.05, 0.1) is 25.6 Å². The van der Waals surface area contributed by atoms with Gasteiger partial charge in [0.25, 0.3) is 10.1 Å². The first-order valence-corrected chi connectivity index (χ1v) is 16.4. The summed E-state index contributed by atoms with van der Waals surface area (Å²) in [6.45, 7) is 9.34. The molecule has 0 radical (unpaired) electrons. The summed E-state index contributed by atoms with van der Waals surface area (Å²) in [5.74, 6) is 0.00563. The van der Waals surface area contributed by atoms with Crippen LogP contribution in [0.4, 0.5) is 4.79 Å². The third-order valence-electron chi connectivity index (χ3n) is 6.22. The minimum atomic E-state index is -3.34. The first-order chi connectivity index (χ1) is 17.9. The van der Waals surface area contributed by atoms with Crippen LogP contribution in [-0.4, -0.2) is 53.4 Å². The van der Waals surface area contributed by atoms with E-state index in [1.54, 1.807) is 6.92 Å². The summed E-state index contributed by atoms with van der Waals surface area (Å²) in [7, 11) is -3.34. The van der Waals surface area contributed by atoms with Crippen molar-refractivity contribution >= 4 is 16.3 Å². The average Bonchev–Trinajstić information content (AvgIpc) is 2.88. The van der Waals surface area contributed by atoms with Crippen LogP contribution in [0.3, 0.4) is 0 Å². The summed E-state index contributed by atoms with van der Waals surface area (Å²) in [5, 5.41) is 0. The number of hydrogen-bond donors (Lipinski definition) is 0. The molecule has 7 nitrogen and oxygen atoms in total. The molecule has 0 aliphatic rings. The Balaban J connectivity index is 3.35. The Morgan fingerprint density at radius 3 is 1.57 bits per heavy atom. The molecule has 0 unspecified atom stereocenters. The molecule has 0 rings (SSSR count). The summed E-state index contributed by atoms with van der Waals surface area (Å²) in [5.41, 5.74) is 0.687. The van der Waals surface area contributed by atoms with Crippen LogP contribution in [0.5, 0.6) is 0 Å². The molecular weight excluding hydrogens is 492 g/mol. The summed E-state index contributed by atoms with van der Waals surface area (Å²) >= 11 is 0. The normalized spacial score (nSPS) is 11.5. The van der Waals surface area contributed by atoms with E-state index >= 15 is 0 Å². The second kappa shape index (κ2) is 26.5. The molecule has 220 valence electrons. The van der Waals surface area contributed by atoms with E-state index in [9.17, 15) is 13.2 Å². The minimum Gasteiger partial charge on any atom is -0.434 e. The molecule has 37 heavy (non-hydrogen) atoms. The lowest BCUT2D eigenvalue weighted by Gasteiger charge is -2.09. The molecule has 0 aliphatic carbocycles. The van der Waals surface area contributed by atoms with E-state index < -0.39 is 16.3 Å². The zero-order valence-corrected chi connectivity index (χ0v) is 24.8. The molecule has 0 atom stereocenters. The average molecular weight is 549 g/mol. The standard InChI is InChI=1S/C29H56O7S/c1-4-6-7-8-9-10-11-12-13-14-15-16-17-21-24-34-29(30)35-27-28(3)26-33-23-20-18-19-22-25-36-37(31,32)5-2/h3-27H2,1-2H3. The fourth-order valence-corrected chi connectivity index (χ4v) is 4.38. The number of unbranched alkanes of at least 4 members (excludes halogenated alkanes) is 16. The van der Waals surface area contributed by atoms with Gasteiger partial charge in [-0.25, -0.2) is 4.79 Å². The number of hydrogen-bond acceptors (Lipinski definition) is 7. The molecule has 8 heteroatoms. The number of rotatable bonds is 28. The zero-order valence-electron chi connectivity index (χ0n) is 23.9. The Kier molecular flexibility index (Phi) is 25.7. The Morgan fingerprint density at radius 1 is 0.595 bits per heavy atom. The maximum Gasteiger partial charge on any atom is 0.508 e. The molecule has 0 spiro atoms. The summed E-state index contributed by atoms with van der Waals surface area (Å²) in [6, 6.07) is 0. The van der Waals surface area contributed by atoms with Crippen molar-refractivity contribution in [3.05, 3.63) is 12.2 Å². The van der Waals surface area contributed by atoms with Gasteiger partial charge in [-0.15, -0.1) is 0 Å². The quantitative estimate of drug-likeness (QED) is 0.0422. The van der Waals surface area contributed by atoms with Crippen molar-refractivity contribution in [2.45, 2.75) is 129 Å². The second-order valence-corrected chi connectivity index (χ2v) is 11.8. The van der Waals surface area contributed by atoms with Crippen molar-refractivity contribution in [2.24, 2.45) is 0 Å². The molecule has 0 bridgehead atoms. The van der Waals surface area contributed by atoms with E-state index in [0.717, 1.165) is 32.1 Å².